The van der Waals surface area contributed by atoms with Crippen LogP contribution in [0, 0.1) is 5.82 Å². The van der Waals surface area contributed by atoms with Crippen LogP contribution in [0.5, 0.6) is 5.75 Å². The highest BCUT2D eigenvalue weighted by Gasteiger charge is 2.13. The van der Waals surface area contributed by atoms with Gasteiger partial charge in [0.1, 0.15) is 11.6 Å². The van der Waals surface area contributed by atoms with Crippen LogP contribution in [0.15, 0.2) is 36.4 Å². The number of anilines is 1. The number of ether oxygens (including phenoxy) is 1. The Balaban J connectivity index is 2.53. The van der Waals surface area contributed by atoms with E-state index in [1.165, 1.54) is 20.1 Å². The summed E-state index contributed by atoms with van der Waals surface area (Å²) in [7, 11) is 1.52. The zero-order valence-corrected chi connectivity index (χ0v) is 12.4. The molecule has 0 fully saturated rings. The molecule has 0 radical (unpaired) electrons. The predicted octanol–water partition coefficient (Wildman–Crippen LogP) is 4.02. The Kier molecular flexibility index (Phi) is 4.58. The molecule has 0 spiro atoms. The van der Waals surface area contributed by atoms with Gasteiger partial charge in [0.2, 0.25) is 5.91 Å². The maximum absolute atomic E-state index is 14.1. The number of aryl methyl sites for hydroxylation is 1. The van der Waals surface area contributed by atoms with Gasteiger partial charge in [0.05, 0.1) is 12.7 Å². The molecule has 0 heterocycles. The van der Waals surface area contributed by atoms with Crippen molar-refractivity contribution in [3.05, 3.63) is 47.8 Å². The van der Waals surface area contributed by atoms with Crippen LogP contribution in [0.3, 0.4) is 0 Å². The number of carbonyl (C=O) groups is 1. The van der Waals surface area contributed by atoms with Crippen molar-refractivity contribution in [3.8, 4) is 16.9 Å². The summed E-state index contributed by atoms with van der Waals surface area (Å²) in [6.45, 7) is 3.45. The van der Waals surface area contributed by atoms with Gasteiger partial charge >= 0.3 is 0 Å². The van der Waals surface area contributed by atoms with Crippen LogP contribution < -0.4 is 10.1 Å². The van der Waals surface area contributed by atoms with Crippen LogP contribution in [0.1, 0.15) is 19.4 Å². The van der Waals surface area contributed by atoms with Crippen LogP contribution in [0.25, 0.3) is 11.1 Å². The highest BCUT2D eigenvalue weighted by Crippen LogP contribution is 2.34. The minimum absolute atomic E-state index is 0.124. The summed E-state index contributed by atoms with van der Waals surface area (Å²) in [5.41, 5.74) is 2.87. The van der Waals surface area contributed by atoms with E-state index in [1.54, 1.807) is 24.3 Å². The number of rotatable bonds is 4. The number of hydrogen-bond acceptors (Lipinski definition) is 2. The van der Waals surface area contributed by atoms with Crippen molar-refractivity contribution in [2.45, 2.75) is 20.3 Å². The van der Waals surface area contributed by atoms with Crippen molar-refractivity contribution in [1.82, 2.24) is 0 Å². The lowest BCUT2D eigenvalue weighted by Gasteiger charge is -2.13. The number of hydrogen-bond donors (Lipinski definition) is 1. The van der Waals surface area contributed by atoms with E-state index >= 15 is 0 Å². The number of methoxy groups -OCH3 is 1. The molecular weight excluding hydrogens is 269 g/mol. The SMILES string of the molecule is CCc1cc(-c2c(F)cccc2OC)ccc1NC(C)=O. The zero-order chi connectivity index (χ0) is 15.4. The monoisotopic (exact) mass is 287 g/mol. The summed E-state index contributed by atoms with van der Waals surface area (Å²) >= 11 is 0. The van der Waals surface area contributed by atoms with Crippen molar-refractivity contribution in [1.29, 1.82) is 0 Å². The van der Waals surface area contributed by atoms with E-state index in [4.69, 9.17) is 4.74 Å². The third kappa shape index (κ3) is 3.21. The molecule has 0 aliphatic rings. The Hall–Kier alpha value is -2.36. The fraction of sp³-hybridized carbons (Fsp3) is 0.235. The van der Waals surface area contributed by atoms with Crippen LogP contribution in [0.4, 0.5) is 10.1 Å². The van der Waals surface area contributed by atoms with Crippen LogP contribution in [-0.4, -0.2) is 13.0 Å². The van der Waals surface area contributed by atoms with Crippen LogP contribution >= 0.6 is 0 Å². The normalized spacial score (nSPS) is 10.3. The lowest BCUT2D eigenvalue weighted by atomic mass is 9.99. The quantitative estimate of drug-likeness (QED) is 0.922. The summed E-state index contributed by atoms with van der Waals surface area (Å²) in [6.07, 6.45) is 0.736. The molecule has 0 aromatic heterocycles. The van der Waals surface area contributed by atoms with Gasteiger partial charge in [-0.15, -0.1) is 0 Å². The zero-order valence-electron chi connectivity index (χ0n) is 12.4. The molecule has 0 unspecified atom stereocenters. The number of amides is 1. The summed E-state index contributed by atoms with van der Waals surface area (Å²) in [5.74, 6) is 0.0360. The molecule has 4 heteroatoms. The molecule has 21 heavy (non-hydrogen) atoms. The summed E-state index contributed by atoms with van der Waals surface area (Å²) in [5, 5.41) is 2.78. The maximum atomic E-state index is 14.1. The molecule has 2 aromatic carbocycles. The van der Waals surface area contributed by atoms with E-state index in [-0.39, 0.29) is 11.7 Å². The van der Waals surface area contributed by atoms with Gasteiger partial charge in [0.15, 0.2) is 0 Å². The first kappa shape index (κ1) is 15.0. The lowest BCUT2D eigenvalue weighted by molar-refractivity contribution is -0.114. The molecule has 0 bridgehead atoms. The molecule has 0 aliphatic carbocycles. The summed E-state index contributed by atoms with van der Waals surface area (Å²) in [6, 6.07) is 10.2. The van der Waals surface area contributed by atoms with Crippen molar-refractivity contribution < 1.29 is 13.9 Å². The first-order valence-corrected chi connectivity index (χ1v) is 6.80. The van der Waals surface area contributed by atoms with E-state index < -0.39 is 0 Å². The second-order valence-electron chi connectivity index (χ2n) is 4.72. The highest BCUT2D eigenvalue weighted by atomic mass is 19.1. The van der Waals surface area contributed by atoms with Gasteiger partial charge in [-0.3, -0.25) is 4.79 Å². The minimum Gasteiger partial charge on any atom is -0.496 e. The Morgan fingerprint density at radius 1 is 1.29 bits per heavy atom. The lowest BCUT2D eigenvalue weighted by Crippen LogP contribution is -2.08. The molecule has 0 saturated carbocycles. The van der Waals surface area contributed by atoms with E-state index in [9.17, 15) is 9.18 Å². The Morgan fingerprint density at radius 2 is 2.05 bits per heavy atom. The van der Waals surface area contributed by atoms with Gasteiger partial charge in [-0.2, -0.15) is 0 Å². The first-order chi connectivity index (χ1) is 10.1. The number of halogens is 1. The highest BCUT2D eigenvalue weighted by molar-refractivity contribution is 5.90. The molecule has 2 aromatic rings. The minimum atomic E-state index is -0.330. The molecule has 0 atom stereocenters. The Morgan fingerprint density at radius 3 is 2.67 bits per heavy atom. The average molecular weight is 287 g/mol. The molecule has 0 saturated heterocycles. The van der Waals surface area contributed by atoms with Crippen molar-refractivity contribution in [3.63, 3.8) is 0 Å². The molecular formula is C17H18FNO2. The van der Waals surface area contributed by atoms with Gasteiger partial charge in [-0.05, 0) is 41.8 Å². The summed E-state index contributed by atoms with van der Waals surface area (Å²) < 4.78 is 19.4. The molecule has 1 N–H and O–H groups in total. The molecule has 2 rings (SSSR count). The maximum Gasteiger partial charge on any atom is 0.221 e. The van der Waals surface area contributed by atoms with Gasteiger partial charge < -0.3 is 10.1 Å². The third-order valence-corrected chi connectivity index (χ3v) is 3.28. The average Bonchev–Trinajstić information content (AvgIpc) is 2.47. The summed E-state index contributed by atoms with van der Waals surface area (Å²) in [4.78, 5) is 11.2. The van der Waals surface area contributed by atoms with Crippen molar-refractivity contribution in [2.24, 2.45) is 0 Å². The number of nitrogens with one attached hydrogen (secondary N) is 1. The number of benzene rings is 2. The smallest absolute Gasteiger partial charge is 0.221 e. The Labute approximate surface area is 123 Å². The van der Waals surface area contributed by atoms with E-state index in [0.29, 0.717) is 11.3 Å². The topological polar surface area (TPSA) is 38.3 Å². The predicted molar refractivity (Wildman–Crippen MR) is 82.1 cm³/mol. The molecule has 3 nitrogen and oxygen atoms in total. The molecule has 1 amide bonds. The van der Waals surface area contributed by atoms with Crippen molar-refractivity contribution in [2.75, 3.05) is 12.4 Å². The molecule has 110 valence electrons. The Bertz CT molecular complexity index is 668. The van der Waals surface area contributed by atoms with Gasteiger partial charge in [0, 0.05) is 12.6 Å². The van der Waals surface area contributed by atoms with Crippen molar-refractivity contribution >= 4 is 11.6 Å². The third-order valence-electron chi connectivity index (χ3n) is 3.28. The van der Waals surface area contributed by atoms with Gasteiger partial charge in [-0.25, -0.2) is 4.39 Å². The van der Waals surface area contributed by atoms with Gasteiger partial charge in [0.25, 0.3) is 0 Å². The second-order valence-corrected chi connectivity index (χ2v) is 4.72. The standard InChI is InChI=1S/C17H18FNO2/c1-4-12-10-13(8-9-15(12)19-11(2)20)17-14(18)6-5-7-16(17)21-3/h5-10H,4H2,1-3H3,(H,19,20). The first-order valence-electron chi connectivity index (χ1n) is 6.80. The second kappa shape index (κ2) is 6.39. The van der Waals surface area contributed by atoms with E-state index in [0.717, 1.165) is 23.2 Å². The fourth-order valence-electron chi connectivity index (χ4n) is 2.31. The van der Waals surface area contributed by atoms with Crippen LogP contribution in [-0.2, 0) is 11.2 Å². The van der Waals surface area contributed by atoms with E-state index in [1.807, 2.05) is 13.0 Å². The fourth-order valence-corrected chi connectivity index (χ4v) is 2.31. The molecule has 0 aliphatic heterocycles. The largest absolute Gasteiger partial charge is 0.496 e. The van der Waals surface area contributed by atoms with Crippen LogP contribution in [0.2, 0.25) is 0 Å². The van der Waals surface area contributed by atoms with E-state index in [2.05, 4.69) is 5.32 Å². The number of carbonyl (C=O) groups excluding carboxylic acids is 1. The van der Waals surface area contributed by atoms with Gasteiger partial charge in [-0.1, -0.05) is 19.1 Å².